The topological polar surface area (TPSA) is 26.5 Å². The number of amidine groups is 1. The lowest BCUT2D eigenvalue weighted by Gasteiger charge is -2.29. The van der Waals surface area contributed by atoms with E-state index in [-0.39, 0.29) is 0 Å². The van der Waals surface area contributed by atoms with Gasteiger partial charge in [-0.05, 0) is 43.5 Å². The molecule has 0 amide bonds. The van der Waals surface area contributed by atoms with Crippen molar-refractivity contribution in [2.45, 2.75) is 31.4 Å². The molecule has 4 rings (SSSR count). The molecule has 0 saturated heterocycles. The molecule has 0 fully saturated rings. The Morgan fingerprint density at radius 1 is 0.958 bits per heavy atom. The Morgan fingerprint density at radius 2 is 1.71 bits per heavy atom. The number of aliphatic hydroxyl groups is 1. The fourth-order valence-electron chi connectivity index (χ4n) is 3.90. The number of rotatable bonds is 2. The van der Waals surface area contributed by atoms with Crippen LogP contribution in [-0.2, 0) is 5.72 Å². The smallest absolute Gasteiger partial charge is 0.275 e. The van der Waals surface area contributed by atoms with Crippen molar-refractivity contribution in [1.29, 1.82) is 0 Å². The van der Waals surface area contributed by atoms with Crippen LogP contribution in [0.2, 0.25) is 5.02 Å². The number of hydrogen-bond acceptors (Lipinski definition) is 2. The van der Waals surface area contributed by atoms with Crippen molar-refractivity contribution in [1.82, 2.24) is 0 Å². The first kappa shape index (κ1) is 15.7. The molecule has 1 N–H and O–H groups in total. The van der Waals surface area contributed by atoms with Gasteiger partial charge in [0.15, 0.2) is 6.54 Å². The van der Waals surface area contributed by atoms with Crippen molar-refractivity contribution in [3.8, 4) is 0 Å². The second-order valence-corrected chi connectivity index (χ2v) is 7.08. The number of anilines is 1. The van der Waals surface area contributed by atoms with E-state index in [0.717, 1.165) is 24.2 Å². The first-order valence-electron chi connectivity index (χ1n) is 8.63. The summed E-state index contributed by atoms with van der Waals surface area (Å²) in [4.78, 5) is 2.13. The summed E-state index contributed by atoms with van der Waals surface area (Å²) in [6, 6.07) is 17.8. The molecule has 2 aliphatic rings. The molecule has 2 aromatic carbocycles. The SMILES string of the molecule is O[C@]1(c2ccc(Cl)cc2)C[N+]2=C(CCCCC2)N1c1ccccc1. The molecule has 2 heterocycles. The molecule has 3 nitrogen and oxygen atoms in total. The van der Waals surface area contributed by atoms with Crippen LogP contribution in [0, 0.1) is 0 Å². The van der Waals surface area contributed by atoms with Gasteiger partial charge in [-0.25, -0.2) is 0 Å². The molecule has 0 bridgehead atoms. The molecule has 124 valence electrons. The zero-order valence-electron chi connectivity index (χ0n) is 13.7. The van der Waals surface area contributed by atoms with Gasteiger partial charge in [0, 0.05) is 17.0 Å². The molecule has 0 radical (unpaired) electrons. The number of hydrogen-bond donors (Lipinski definition) is 1. The molecule has 2 aliphatic heterocycles. The minimum Gasteiger partial charge on any atom is -0.346 e. The van der Waals surface area contributed by atoms with Gasteiger partial charge in [0.1, 0.15) is 5.69 Å². The number of halogens is 1. The number of para-hydroxylation sites is 1. The molecule has 24 heavy (non-hydrogen) atoms. The Labute approximate surface area is 147 Å². The van der Waals surface area contributed by atoms with E-state index in [1.54, 1.807) is 0 Å². The van der Waals surface area contributed by atoms with Crippen LogP contribution < -0.4 is 4.90 Å². The van der Waals surface area contributed by atoms with Crippen LogP contribution in [0.4, 0.5) is 5.69 Å². The fraction of sp³-hybridized carbons (Fsp3) is 0.350. The van der Waals surface area contributed by atoms with Crippen molar-refractivity contribution in [3.63, 3.8) is 0 Å². The molecule has 0 spiro atoms. The predicted octanol–water partition coefficient (Wildman–Crippen LogP) is 3.99. The van der Waals surface area contributed by atoms with Crippen LogP contribution in [0.5, 0.6) is 0 Å². The van der Waals surface area contributed by atoms with Gasteiger partial charge in [0.25, 0.3) is 11.6 Å². The molecule has 0 aliphatic carbocycles. The highest BCUT2D eigenvalue weighted by atomic mass is 35.5. The zero-order chi connectivity index (χ0) is 16.6. The third-order valence-corrected chi connectivity index (χ3v) is 5.31. The van der Waals surface area contributed by atoms with Crippen LogP contribution in [-0.4, -0.2) is 28.6 Å². The minimum absolute atomic E-state index is 0.596. The largest absolute Gasteiger partial charge is 0.346 e. The zero-order valence-corrected chi connectivity index (χ0v) is 14.4. The summed E-state index contributed by atoms with van der Waals surface area (Å²) in [6.45, 7) is 1.60. The monoisotopic (exact) mass is 341 g/mol. The van der Waals surface area contributed by atoms with Crippen molar-refractivity contribution in [2.75, 3.05) is 18.0 Å². The van der Waals surface area contributed by atoms with Gasteiger partial charge in [-0.2, -0.15) is 4.90 Å². The summed E-state index contributed by atoms with van der Waals surface area (Å²) in [5.41, 5.74) is 0.865. The van der Waals surface area contributed by atoms with Crippen molar-refractivity contribution in [2.24, 2.45) is 0 Å². The van der Waals surface area contributed by atoms with Crippen molar-refractivity contribution in [3.05, 3.63) is 65.2 Å². The summed E-state index contributed by atoms with van der Waals surface area (Å²) in [6.07, 6.45) is 4.61. The quantitative estimate of drug-likeness (QED) is 0.836. The Balaban J connectivity index is 1.83. The van der Waals surface area contributed by atoms with E-state index in [1.165, 1.54) is 25.1 Å². The van der Waals surface area contributed by atoms with E-state index >= 15 is 0 Å². The normalized spacial score (nSPS) is 24.0. The van der Waals surface area contributed by atoms with Crippen LogP contribution in [0.25, 0.3) is 0 Å². The van der Waals surface area contributed by atoms with Gasteiger partial charge < -0.3 is 5.11 Å². The average molecular weight is 342 g/mol. The van der Waals surface area contributed by atoms with Crippen LogP contribution >= 0.6 is 11.6 Å². The van der Waals surface area contributed by atoms with E-state index in [4.69, 9.17) is 11.6 Å². The summed E-state index contributed by atoms with van der Waals surface area (Å²) < 4.78 is 2.36. The molecular formula is C20H22ClN2O+. The molecule has 2 aromatic rings. The second kappa shape index (κ2) is 6.23. The molecular weight excluding hydrogens is 320 g/mol. The maximum atomic E-state index is 11.7. The van der Waals surface area contributed by atoms with Crippen LogP contribution in [0.15, 0.2) is 54.6 Å². The lowest BCUT2D eigenvalue weighted by molar-refractivity contribution is -0.534. The van der Waals surface area contributed by atoms with Crippen LogP contribution in [0.3, 0.4) is 0 Å². The highest BCUT2D eigenvalue weighted by molar-refractivity contribution is 6.30. The number of nitrogens with zero attached hydrogens (tertiary/aromatic N) is 2. The molecule has 0 unspecified atom stereocenters. The van der Waals surface area contributed by atoms with Crippen LogP contribution in [0.1, 0.15) is 31.2 Å². The molecule has 0 aromatic heterocycles. The van der Waals surface area contributed by atoms with E-state index in [9.17, 15) is 5.11 Å². The maximum absolute atomic E-state index is 11.7. The molecule has 4 heteroatoms. The Bertz CT molecular complexity index is 757. The summed E-state index contributed by atoms with van der Waals surface area (Å²) in [7, 11) is 0. The van der Waals surface area contributed by atoms with Gasteiger partial charge in [0.05, 0.1) is 6.54 Å². The third kappa shape index (κ3) is 2.62. The predicted molar refractivity (Wildman–Crippen MR) is 97.7 cm³/mol. The second-order valence-electron chi connectivity index (χ2n) is 6.64. The van der Waals surface area contributed by atoms with E-state index < -0.39 is 5.72 Å². The Hall–Kier alpha value is -1.84. The van der Waals surface area contributed by atoms with Crippen molar-refractivity contribution >= 4 is 23.1 Å². The van der Waals surface area contributed by atoms with E-state index in [2.05, 4.69) is 21.6 Å². The highest BCUT2D eigenvalue weighted by Crippen LogP contribution is 2.37. The summed E-state index contributed by atoms with van der Waals surface area (Å²) in [5, 5.41) is 12.4. The third-order valence-electron chi connectivity index (χ3n) is 5.05. The summed E-state index contributed by atoms with van der Waals surface area (Å²) >= 11 is 6.05. The molecule has 1 atom stereocenters. The first-order valence-corrected chi connectivity index (χ1v) is 9.01. The van der Waals surface area contributed by atoms with Gasteiger partial charge in [0.2, 0.25) is 0 Å². The fourth-order valence-corrected chi connectivity index (χ4v) is 4.03. The van der Waals surface area contributed by atoms with Gasteiger partial charge in [-0.1, -0.05) is 41.9 Å². The van der Waals surface area contributed by atoms with E-state index in [1.807, 2.05) is 42.5 Å². The lowest BCUT2D eigenvalue weighted by Crippen LogP contribution is -2.47. The standard InChI is InChI=1S/C20H22ClN2O/c21-17-12-10-16(11-13-17)20(24)15-22-14-6-2-5-9-19(22)23(20)18-7-3-1-4-8-18/h1,3-4,7-8,10-13,24H,2,5-6,9,14-15H2/q+1/t20-/m0/s1. The lowest BCUT2D eigenvalue weighted by atomic mass is 10.00. The van der Waals surface area contributed by atoms with Gasteiger partial charge >= 0.3 is 0 Å². The van der Waals surface area contributed by atoms with Gasteiger partial charge in [-0.15, -0.1) is 0 Å². The highest BCUT2D eigenvalue weighted by Gasteiger charge is 2.53. The average Bonchev–Trinajstić information content (AvgIpc) is 2.73. The summed E-state index contributed by atoms with van der Waals surface area (Å²) in [5.74, 6) is 1.23. The van der Waals surface area contributed by atoms with Gasteiger partial charge in [-0.3, -0.25) is 4.58 Å². The van der Waals surface area contributed by atoms with Crippen molar-refractivity contribution < 1.29 is 9.68 Å². The Morgan fingerprint density at radius 3 is 2.46 bits per heavy atom. The maximum Gasteiger partial charge on any atom is 0.275 e. The first-order chi connectivity index (χ1) is 11.7. The minimum atomic E-state index is -1.06. The molecule has 0 saturated carbocycles. The Kier molecular flexibility index (Phi) is 4.07. The number of benzene rings is 2. The van der Waals surface area contributed by atoms with E-state index in [0.29, 0.717) is 11.6 Å².